The lowest BCUT2D eigenvalue weighted by atomic mass is 10.0. The SMILES string of the molecule is CNC1CCCC1c1sccc1Cl. The van der Waals surface area contributed by atoms with E-state index in [-0.39, 0.29) is 0 Å². The minimum atomic E-state index is 0.635. The quantitative estimate of drug-likeness (QED) is 0.799. The molecule has 0 radical (unpaired) electrons. The number of likely N-dealkylation sites (N-methyl/N-ethyl adjacent to an activating group) is 1. The van der Waals surface area contributed by atoms with Gasteiger partial charge in [-0.25, -0.2) is 0 Å². The van der Waals surface area contributed by atoms with Crippen LogP contribution >= 0.6 is 22.9 Å². The van der Waals surface area contributed by atoms with Crippen molar-refractivity contribution in [3.63, 3.8) is 0 Å². The first kappa shape index (κ1) is 9.50. The molecule has 1 aliphatic carbocycles. The number of nitrogens with one attached hydrogen (secondary N) is 1. The van der Waals surface area contributed by atoms with Gasteiger partial charge in [0.1, 0.15) is 0 Å². The average Bonchev–Trinajstić information content (AvgIpc) is 2.71. The van der Waals surface area contributed by atoms with Crippen molar-refractivity contribution < 1.29 is 0 Å². The standard InChI is InChI=1S/C10H14ClNS/c1-12-9-4-2-3-7(9)10-8(11)5-6-13-10/h5-7,9,12H,2-4H2,1H3. The molecule has 3 heteroatoms. The number of hydrogen-bond donors (Lipinski definition) is 1. The van der Waals surface area contributed by atoms with Crippen LogP contribution in [0.5, 0.6) is 0 Å². The molecule has 1 heterocycles. The summed E-state index contributed by atoms with van der Waals surface area (Å²) in [5.41, 5.74) is 0. The largest absolute Gasteiger partial charge is 0.316 e. The van der Waals surface area contributed by atoms with Crippen LogP contribution in [-0.2, 0) is 0 Å². The summed E-state index contributed by atoms with van der Waals surface area (Å²) >= 11 is 7.92. The minimum absolute atomic E-state index is 0.635. The first-order valence-corrected chi connectivity index (χ1v) is 5.99. The third-order valence-corrected chi connectivity index (χ3v) is 4.36. The molecular formula is C10H14ClNS. The van der Waals surface area contributed by atoms with Gasteiger partial charge in [0.05, 0.1) is 5.02 Å². The maximum absolute atomic E-state index is 6.12. The van der Waals surface area contributed by atoms with Crippen molar-refractivity contribution in [2.45, 2.75) is 31.2 Å². The highest BCUT2D eigenvalue weighted by atomic mass is 35.5. The van der Waals surface area contributed by atoms with Crippen molar-refractivity contribution in [1.29, 1.82) is 0 Å². The van der Waals surface area contributed by atoms with Crippen molar-refractivity contribution in [2.24, 2.45) is 0 Å². The van der Waals surface area contributed by atoms with Crippen LogP contribution in [0, 0.1) is 0 Å². The maximum Gasteiger partial charge on any atom is 0.0548 e. The summed E-state index contributed by atoms with van der Waals surface area (Å²) in [7, 11) is 2.05. The molecule has 0 aliphatic heterocycles. The van der Waals surface area contributed by atoms with Gasteiger partial charge in [-0.1, -0.05) is 18.0 Å². The summed E-state index contributed by atoms with van der Waals surface area (Å²) < 4.78 is 0. The Hall–Kier alpha value is -0.0500. The molecule has 1 saturated carbocycles. The van der Waals surface area contributed by atoms with E-state index in [1.54, 1.807) is 11.3 Å². The third kappa shape index (κ3) is 1.76. The van der Waals surface area contributed by atoms with E-state index >= 15 is 0 Å². The van der Waals surface area contributed by atoms with E-state index in [0.29, 0.717) is 12.0 Å². The molecule has 13 heavy (non-hydrogen) atoms. The van der Waals surface area contributed by atoms with Gasteiger partial charge < -0.3 is 5.32 Å². The Bertz CT molecular complexity index is 284. The lowest BCUT2D eigenvalue weighted by Crippen LogP contribution is -2.27. The van der Waals surface area contributed by atoms with Gasteiger partial charge in [0.25, 0.3) is 0 Å². The Morgan fingerprint density at radius 2 is 2.38 bits per heavy atom. The molecule has 0 aromatic carbocycles. The molecule has 0 spiro atoms. The van der Waals surface area contributed by atoms with Crippen LogP contribution in [0.1, 0.15) is 30.1 Å². The summed E-state index contributed by atoms with van der Waals surface area (Å²) in [5.74, 6) is 0.650. The fourth-order valence-electron chi connectivity index (χ4n) is 2.19. The number of rotatable bonds is 2. The maximum atomic E-state index is 6.12. The van der Waals surface area contributed by atoms with Gasteiger partial charge in [-0.15, -0.1) is 11.3 Å². The molecule has 1 aromatic heterocycles. The van der Waals surface area contributed by atoms with Crippen LogP contribution in [0.4, 0.5) is 0 Å². The van der Waals surface area contributed by atoms with Crippen molar-refractivity contribution in [2.75, 3.05) is 7.05 Å². The molecular weight excluding hydrogens is 202 g/mol. The zero-order chi connectivity index (χ0) is 9.26. The molecule has 2 rings (SSSR count). The fourth-order valence-corrected chi connectivity index (χ4v) is 3.59. The second-order valence-corrected chi connectivity index (χ2v) is 4.92. The van der Waals surface area contributed by atoms with Crippen molar-refractivity contribution in [3.05, 3.63) is 21.3 Å². The summed E-state index contributed by atoms with van der Waals surface area (Å²) in [6, 6.07) is 2.64. The molecule has 2 unspecified atom stereocenters. The molecule has 1 N–H and O–H groups in total. The second kappa shape index (κ2) is 3.99. The molecule has 0 saturated heterocycles. The normalized spacial score (nSPS) is 28.2. The summed E-state index contributed by atoms with van der Waals surface area (Å²) in [5, 5.41) is 6.42. The molecule has 0 bridgehead atoms. The van der Waals surface area contributed by atoms with Crippen molar-refractivity contribution in [3.8, 4) is 0 Å². The number of thiophene rings is 1. The van der Waals surface area contributed by atoms with Crippen LogP contribution in [0.25, 0.3) is 0 Å². The molecule has 1 aliphatic rings. The van der Waals surface area contributed by atoms with Gasteiger partial charge in [-0.05, 0) is 31.3 Å². The average molecular weight is 216 g/mol. The van der Waals surface area contributed by atoms with Gasteiger partial charge in [0.15, 0.2) is 0 Å². The van der Waals surface area contributed by atoms with E-state index in [1.807, 2.05) is 13.1 Å². The molecule has 0 amide bonds. The second-order valence-electron chi connectivity index (χ2n) is 3.57. The summed E-state index contributed by atoms with van der Waals surface area (Å²) in [4.78, 5) is 1.37. The third-order valence-electron chi connectivity index (χ3n) is 2.87. The lowest BCUT2D eigenvalue weighted by Gasteiger charge is -2.17. The Morgan fingerprint density at radius 1 is 1.54 bits per heavy atom. The van der Waals surface area contributed by atoms with Gasteiger partial charge in [-0.2, -0.15) is 0 Å². The van der Waals surface area contributed by atoms with Crippen LogP contribution < -0.4 is 5.32 Å². The van der Waals surface area contributed by atoms with Gasteiger partial charge in [0, 0.05) is 16.8 Å². The van der Waals surface area contributed by atoms with Gasteiger partial charge in [0.2, 0.25) is 0 Å². The highest BCUT2D eigenvalue weighted by molar-refractivity contribution is 7.10. The van der Waals surface area contributed by atoms with E-state index in [4.69, 9.17) is 11.6 Å². The summed E-state index contributed by atoms with van der Waals surface area (Å²) in [6.45, 7) is 0. The van der Waals surface area contributed by atoms with E-state index in [0.717, 1.165) is 5.02 Å². The Balaban J connectivity index is 2.20. The zero-order valence-corrected chi connectivity index (χ0v) is 9.29. The smallest absolute Gasteiger partial charge is 0.0548 e. The Morgan fingerprint density at radius 3 is 3.00 bits per heavy atom. The van der Waals surface area contributed by atoms with E-state index in [9.17, 15) is 0 Å². The fraction of sp³-hybridized carbons (Fsp3) is 0.600. The van der Waals surface area contributed by atoms with E-state index in [1.165, 1.54) is 24.1 Å². The first-order valence-electron chi connectivity index (χ1n) is 4.73. The molecule has 72 valence electrons. The highest BCUT2D eigenvalue weighted by Gasteiger charge is 2.29. The number of halogens is 1. The molecule has 2 atom stereocenters. The van der Waals surface area contributed by atoms with E-state index < -0.39 is 0 Å². The number of hydrogen-bond acceptors (Lipinski definition) is 2. The van der Waals surface area contributed by atoms with Crippen molar-refractivity contribution >= 4 is 22.9 Å². The van der Waals surface area contributed by atoms with Crippen LogP contribution in [0.15, 0.2) is 11.4 Å². The van der Waals surface area contributed by atoms with Crippen molar-refractivity contribution in [1.82, 2.24) is 5.32 Å². The monoisotopic (exact) mass is 215 g/mol. The zero-order valence-electron chi connectivity index (χ0n) is 7.72. The molecule has 1 nitrogen and oxygen atoms in total. The minimum Gasteiger partial charge on any atom is -0.316 e. The summed E-state index contributed by atoms with van der Waals surface area (Å²) in [6.07, 6.45) is 3.89. The topological polar surface area (TPSA) is 12.0 Å². The molecule has 1 fully saturated rings. The Kier molecular flexibility index (Phi) is 2.92. The first-order chi connectivity index (χ1) is 6.33. The van der Waals surface area contributed by atoms with Gasteiger partial charge in [-0.3, -0.25) is 0 Å². The predicted molar refractivity (Wildman–Crippen MR) is 58.8 cm³/mol. The van der Waals surface area contributed by atoms with Crippen LogP contribution in [0.2, 0.25) is 5.02 Å². The molecule has 1 aromatic rings. The van der Waals surface area contributed by atoms with E-state index in [2.05, 4.69) is 10.7 Å². The van der Waals surface area contributed by atoms with Crippen LogP contribution in [-0.4, -0.2) is 13.1 Å². The predicted octanol–water partition coefficient (Wildman–Crippen LogP) is 3.26. The lowest BCUT2D eigenvalue weighted by molar-refractivity contribution is 0.528. The Labute approximate surface area is 88.1 Å². The van der Waals surface area contributed by atoms with Crippen LogP contribution in [0.3, 0.4) is 0 Å². The van der Waals surface area contributed by atoms with Gasteiger partial charge >= 0.3 is 0 Å². The highest BCUT2D eigenvalue weighted by Crippen LogP contribution is 2.40.